The van der Waals surface area contributed by atoms with E-state index in [1.807, 2.05) is 54.6 Å². The van der Waals surface area contributed by atoms with Crippen LogP contribution < -0.4 is 5.32 Å². The van der Waals surface area contributed by atoms with Crippen LogP contribution in [-0.2, 0) is 0 Å². The number of nitrogens with zero attached hydrogens (tertiary/aromatic N) is 1. The van der Waals surface area contributed by atoms with Crippen molar-refractivity contribution >= 4 is 5.91 Å². The molecule has 1 N–H and O–H groups in total. The molecule has 3 heteroatoms. The molecule has 0 heterocycles. The van der Waals surface area contributed by atoms with Gasteiger partial charge >= 0.3 is 0 Å². The van der Waals surface area contributed by atoms with Crippen LogP contribution in [0.4, 0.5) is 0 Å². The summed E-state index contributed by atoms with van der Waals surface area (Å²) < 4.78 is 0. The second-order valence-electron chi connectivity index (χ2n) is 6.15. The van der Waals surface area contributed by atoms with Crippen molar-refractivity contribution in [1.82, 2.24) is 5.32 Å². The van der Waals surface area contributed by atoms with Crippen molar-refractivity contribution in [1.29, 1.82) is 5.26 Å². The number of nitrogens with one attached hydrogen (secondary N) is 1. The molecule has 1 aliphatic rings. The molecule has 0 saturated heterocycles. The summed E-state index contributed by atoms with van der Waals surface area (Å²) in [5.41, 5.74) is 2.12. The van der Waals surface area contributed by atoms with Gasteiger partial charge in [0, 0.05) is 5.56 Å². The Balaban J connectivity index is 1.74. The Morgan fingerprint density at radius 1 is 0.913 bits per heavy atom. The lowest BCUT2D eigenvalue weighted by Crippen LogP contribution is -2.48. The monoisotopic (exact) mass is 304 g/mol. The Morgan fingerprint density at radius 3 is 2.13 bits per heavy atom. The molecule has 0 aromatic heterocycles. The first-order valence-electron chi connectivity index (χ1n) is 8.12. The third kappa shape index (κ3) is 3.43. The molecule has 116 valence electrons. The van der Waals surface area contributed by atoms with Gasteiger partial charge in [-0.25, -0.2) is 0 Å². The van der Waals surface area contributed by atoms with Crippen molar-refractivity contribution in [3.8, 4) is 17.2 Å². The molecule has 0 aliphatic heterocycles. The third-order valence-electron chi connectivity index (χ3n) is 4.53. The van der Waals surface area contributed by atoms with E-state index in [1.165, 1.54) is 0 Å². The van der Waals surface area contributed by atoms with Crippen LogP contribution >= 0.6 is 0 Å². The van der Waals surface area contributed by atoms with Crippen molar-refractivity contribution in [3.05, 3.63) is 60.2 Å². The highest BCUT2D eigenvalue weighted by Gasteiger charge is 2.33. The first-order chi connectivity index (χ1) is 11.2. The van der Waals surface area contributed by atoms with E-state index in [1.54, 1.807) is 0 Å². The molecule has 1 amide bonds. The summed E-state index contributed by atoms with van der Waals surface area (Å²) in [5, 5.41) is 12.4. The second-order valence-corrected chi connectivity index (χ2v) is 6.15. The third-order valence-corrected chi connectivity index (χ3v) is 4.53. The van der Waals surface area contributed by atoms with Gasteiger partial charge < -0.3 is 5.32 Å². The highest BCUT2D eigenvalue weighted by Crippen LogP contribution is 2.28. The molecule has 0 radical (unpaired) electrons. The number of benzene rings is 2. The summed E-state index contributed by atoms with van der Waals surface area (Å²) in [7, 11) is 0. The second kappa shape index (κ2) is 6.66. The topological polar surface area (TPSA) is 52.9 Å². The number of amides is 1. The molecule has 3 rings (SSSR count). The molecular weight excluding hydrogens is 284 g/mol. The predicted molar refractivity (Wildman–Crippen MR) is 90.8 cm³/mol. The summed E-state index contributed by atoms with van der Waals surface area (Å²) in [6.45, 7) is 0. The quantitative estimate of drug-likeness (QED) is 0.918. The molecular formula is C20H20N2O. The standard InChI is InChI=1S/C20H20N2O/c21-15-20(13-5-2-6-14-20)22-19(23)18-11-9-17(10-12-18)16-7-3-1-4-8-16/h1,3-4,7-12H,2,5-6,13-14H2,(H,22,23). The van der Waals surface area contributed by atoms with Gasteiger partial charge in [-0.1, -0.05) is 61.7 Å². The van der Waals surface area contributed by atoms with Crippen molar-refractivity contribution in [2.45, 2.75) is 37.6 Å². The molecule has 0 unspecified atom stereocenters. The van der Waals surface area contributed by atoms with Crippen LogP contribution in [0.3, 0.4) is 0 Å². The Bertz CT molecular complexity index is 708. The minimum absolute atomic E-state index is 0.159. The number of carbonyl (C=O) groups excluding carboxylic acids is 1. The normalized spacial score (nSPS) is 16.3. The molecule has 0 spiro atoms. The van der Waals surface area contributed by atoms with E-state index in [-0.39, 0.29) is 5.91 Å². The van der Waals surface area contributed by atoms with Gasteiger partial charge in [0.25, 0.3) is 5.91 Å². The highest BCUT2D eigenvalue weighted by atomic mass is 16.1. The van der Waals surface area contributed by atoms with Crippen LogP contribution in [0.25, 0.3) is 11.1 Å². The summed E-state index contributed by atoms with van der Waals surface area (Å²) in [5.74, 6) is -0.159. The summed E-state index contributed by atoms with van der Waals surface area (Å²) in [6, 6.07) is 19.9. The largest absolute Gasteiger partial charge is 0.334 e. The van der Waals surface area contributed by atoms with Crippen molar-refractivity contribution < 1.29 is 4.79 Å². The van der Waals surface area contributed by atoms with E-state index in [0.29, 0.717) is 5.56 Å². The van der Waals surface area contributed by atoms with Crippen molar-refractivity contribution in [3.63, 3.8) is 0 Å². The number of rotatable bonds is 3. The zero-order valence-corrected chi connectivity index (χ0v) is 13.1. The van der Waals surface area contributed by atoms with Crippen LogP contribution in [0.2, 0.25) is 0 Å². The van der Waals surface area contributed by atoms with Gasteiger partial charge in [-0.05, 0) is 36.1 Å². The maximum absolute atomic E-state index is 12.5. The van der Waals surface area contributed by atoms with Crippen molar-refractivity contribution in [2.24, 2.45) is 0 Å². The first-order valence-corrected chi connectivity index (χ1v) is 8.12. The molecule has 2 aromatic rings. The zero-order valence-electron chi connectivity index (χ0n) is 13.1. The van der Waals surface area contributed by atoms with Gasteiger partial charge in [-0.2, -0.15) is 5.26 Å². The Hall–Kier alpha value is -2.60. The van der Waals surface area contributed by atoms with E-state index >= 15 is 0 Å². The van der Waals surface area contributed by atoms with Crippen LogP contribution in [0.5, 0.6) is 0 Å². The predicted octanol–water partition coefficient (Wildman–Crippen LogP) is 4.31. The smallest absolute Gasteiger partial charge is 0.252 e. The molecule has 3 nitrogen and oxygen atoms in total. The summed E-state index contributed by atoms with van der Waals surface area (Å²) in [6.07, 6.45) is 4.64. The molecule has 1 fully saturated rings. The maximum atomic E-state index is 12.5. The van der Waals surface area contributed by atoms with Crippen LogP contribution in [-0.4, -0.2) is 11.4 Å². The van der Waals surface area contributed by atoms with Gasteiger partial charge in [0.15, 0.2) is 0 Å². The number of hydrogen-bond donors (Lipinski definition) is 1. The maximum Gasteiger partial charge on any atom is 0.252 e. The number of hydrogen-bond acceptors (Lipinski definition) is 2. The van der Waals surface area contributed by atoms with E-state index in [4.69, 9.17) is 0 Å². The SMILES string of the molecule is N#CC1(NC(=O)c2ccc(-c3ccccc3)cc2)CCCCC1. The molecule has 1 aliphatic carbocycles. The average Bonchev–Trinajstić information content (AvgIpc) is 2.63. The summed E-state index contributed by atoms with van der Waals surface area (Å²) >= 11 is 0. The minimum Gasteiger partial charge on any atom is -0.334 e. The molecule has 0 atom stereocenters. The van der Waals surface area contributed by atoms with E-state index in [2.05, 4.69) is 11.4 Å². The van der Waals surface area contributed by atoms with Gasteiger partial charge in [0.05, 0.1) is 6.07 Å². The van der Waals surface area contributed by atoms with Gasteiger partial charge in [0.2, 0.25) is 0 Å². The molecule has 0 bridgehead atoms. The minimum atomic E-state index is -0.687. The first kappa shape index (κ1) is 15.3. The fourth-order valence-corrected chi connectivity index (χ4v) is 3.15. The molecule has 23 heavy (non-hydrogen) atoms. The number of nitriles is 1. The fourth-order valence-electron chi connectivity index (χ4n) is 3.15. The molecule has 2 aromatic carbocycles. The van der Waals surface area contributed by atoms with Crippen LogP contribution in [0.1, 0.15) is 42.5 Å². The summed E-state index contributed by atoms with van der Waals surface area (Å²) in [4.78, 5) is 12.5. The zero-order chi connectivity index (χ0) is 16.1. The van der Waals surface area contributed by atoms with Gasteiger partial charge in [-0.3, -0.25) is 4.79 Å². The van der Waals surface area contributed by atoms with E-state index < -0.39 is 5.54 Å². The fraction of sp³-hybridized carbons (Fsp3) is 0.300. The lowest BCUT2D eigenvalue weighted by atomic mass is 9.82. The van der Waals surface area contributed by atoms with Crippen molar-refractivity contribution in [2.75, 3.05) is 0 Å². The van der Waals surface area contributed by atoms with Gasteiger partial charge in [0.1, 0.15) is 5.54 Å². The van der Waals surface area contributed by atoms with E-state index in [0.717, 1.165) is 43.2 Å². The van der Waals surface area contributed by atoms with Crippen LogP contribution in [0.15, 0.2) is 54.6 Å². The Morgan fingerprint density at radius 2 is 1.52 bits per heavy atom. The average molecular weight is 304 g/mol. The molecule has 1 saturated carbocycles. The lowest BCUT2D eigenvalue weighted by Gasteiger charge is -2.31. The van der Waals surface area contributed by atoms with E-state index in [9.17, 15) is 10.1 Å². The highest BCUT2D eigenvalue weighted by molar-refractivity contribution is 5.95. The lowest BCUT2D eigenvalue weighted by molar-refractivity contribution is 0.0902. The Labute approximate surface area is 137 Å². The van der Waals surface area contributed by atoms with Gasteiger partial charge in [-0.15, -0.1) is 0 Å². The number of carbonyl (C=O) groups is 1. The van der Waals surface area contributed by atoms with Crippen LogP contribution in [0, 0.1) is 11.3 Å². The Kier molecular flexibility index (Phi) is 4.43.